The fourth-order valence-electron chi connectivity index (χ4n) is 2.36. The van der Waals surface area contributed by atoms with Crippen molar-refractivity contribution in [3.63, 3.8) is 0 Å². The van der Waals surface area contributed by atoms with Gasteiger partial charge in [0.1, 0.15) is 0 Å². The fourth-order valence-corrected chi connectivity index (χ4v) is 2.36. The number of hydrogen-bond acceptors (Lipinski definition) is 2. The van der Waals surface area contributed by atoms with E-state index in [0.29, 0.717) is 6.54 Å². The van der Waals surface area contributed by atoms with Crippen molar-refractivity contribution >= 4 is 16.7 Å². The molecule has 108 valence electrons. The molecule has 1 aromatic carbocycles. The predicted molar refractivity (Wildman–Crippen MR) is 84.2 cm³/mol. The highest BCUT2D eigenvalue weighted by molar-refractivity contribution is 6.09. The van der Waals surface area contributed by atoms with Gasteiger partial charge in [-0.25, -0.2) is 0 Å². The van der Waals surface area contributed by atoms with Gasteiger partial charge in [0.15, 0.2) is 5.78 Å². The molecule has 0 amide bonds. The first-order chi connectivity index (χ1) is 9.29. The molecule has 0 fully saturated rings. The molecule has 1 N–H and O–H groups in total. The van der Waals surface area contributed by atoms with Gasteiger partial charge < -0.3 is 9.88 Å². The standard InChI is InChI=1S/C17H24N2O/c1-12(10-18-17(2,3)4)16(20)14-11-19(5)15-9-7-6-8-13(14)15/h6-9,11-12,18H,10H2,1-5H3/t12-/m1/s1. The number of ketones is 1. The molecule has 3 heteroatoms. The van der Waals surface area contributed by atoms with E-state index in [1.807, 2.05) is 49.0 Å². The number of fused-ring (bicyclic) bond motifs is 1. The van der Waals surface area contributed by atoms with Crippen LogP contribution < -0.4 is 5.32 Å². The van der Waals surface area contributed by atoms with Crippen LogP contribution in [0.4, 0.5) is 0 Å². The molecule has 20 heavy (non-hydrogen) atoms. The molecule has 0 saturated heterocycles. The zero-order valence-electron chi connectivity index (χ0n) is 13.0. The highest BCUT2D eigenvalue weighted by Crippen LogP contribution is 2.23. The summed E-state index contributed by atoms with van der Waals surface area (Å²) in [6.07, 6.45) is 1.95. The number of nitrogens with zero attached hydrogens (tertiary/aromatic N) is 1. The lowest BCUT2D eigenvalue weighted by atomic mass is 9.97. The molecule has 1 heterocycles. The number of carbonyl (C=O) groups excluding carboxylic acids is 1. The smallest absolute Gasteiger partial charge is 0.169 e. The number of carbonyl (C=O) groups is 1. The molecule has 0 bridgehead atoms. The summed E-state index contributed by atoms with van der Waals surface area (Å²) in [5.74, 6) is 0.179. The molecule has 0 unspecified atom stereocenters. The first kappa shape index (κ1) is 14.8. The monoisotopic (exact) mass is 272 g/mol. The number of rotatable bonds is 4. The predicted octanol–water partition coefficient (Wildman–Crippen LogP) is 3.39. The largest absolute Gasteiger partial charge is 0.350 e. The van der Waals surface area contributed by atoms with Gasteiger partial charge in [0.05, 0.1) is 0 Å². The summed E-state index contributed by atoms with van der Waals surface area (Å²) in [7, 11) is 1.98. The van der Waals surface area contributed by atoms with Crippen LogP contribution in [0.5, 0.6) is 0 Å². The lowest BCUT2D eigenvalue weighted by Gasteiger charge is -2.22. The Labute approximate surface area is 121 Å². The number of aromatic nitrogens is 1. The summed E-state index contributed by atoms with van der Waals surface area (Å²) in [4.78, 5) is 12.6. The van der Waals surface area contributed by atoms with Crippen molar-refractivity contribution in [2.45, 2.75) is 33.2 Å². The van der Waals surface area contributed by atoms with Crippen molar-refractivity contribution in [3.8, 4) is 0 Å². The lowest BCUT2D eigenvalue weighted by Crippen LogP contribution is -2.40. The summed E-state index contributed by atoms with van der Waals surface area (Å²) < 4.78 is 2.02. The Morgan fingerprint density at radius 1 is 1.30 bits per heavy atom. The maximum atomic E-state index is 12.6. The Kier molecular flexibility index (Phi) is 4.00. The van der Waals surface area contributed by atoms with Crippen molar-refractivity contribution < 1.29 is 4.79 Å². The Morgan fingerprint density at radius 2 is 1.95 bits per heavy atom. The average molecular weight is 272 g/mol. The van der Waals surface area contributed by atoms with Crippen LogP contribution in [0.3, 0.4) is 0 Å². The van der Waals surface area contributed by atoms with E-state index in [9.17, 15) is 4.79 Å². The molecule has 1 aromatic heterocycles. The second-order valence-electron chi connectivity index (χ2n) is 6.57. The Bertz CT molecular complexity index is 619. The van der Waals surface area contributed by atoms with E-state index in [0.717, 1.165) is 16.5 Å². The summed E-state index contributed by atoms with van der Waals surface area (Å²) in [5, 5.41) is 4.44. The van der Waals surface area contributed by atoms with Gasteiger partial charge in [-0.05, 0) is 26.8 Å². The minimum Gasteiger partial charge on any atom is -0.350 e. The van der Waals surface area contributed by atoms with Gasteiger partial charge >= 0.3 is 0 Å². The van der Waals surface area contributed by atoms with Crippen LogP contribution >= 0.6 is 0 Å². The van der Waals surface area contributed by atoms with Gasteiger partial charge in [0.2, 0.25) is 0 Å². The molecule has 0 aliphatic carbocycles. The summed E-state index contributed by atoms with van der Waals surface area (Å²) >= 11 is 0. The number of benzene rings is 1. The van der Waals surface area contributed by atoms with Crippen LogP contribution in [0, 0.1) is 5.92 Å². The third-order valence-corrected chi connectivity index (χ3v) is 3.55. The van der Waals surface area contributed by atoms with Crippen LogP contribution in [0.15, 0.2) is 30.5 Å². The third kappa shape index (κ3) is 3.10. The SMILES string of the molecule is C[C@H](CNC(C)(C)C)C(=O)c1cn(C)c2ccccc12. The zero-order chi connectivity index (χ0) is 14.9. The maximum absolute atomic E-state index is 12.6. The molecule has 0 spiro atoms. The third-order valence-electron chi connectivity index (χ3n) is 3.55. The van der Waals surface area contributed by atoms with Gasteiger partial charge in [0, 0.05) is 47.7 Å². The first-order valence-electron chi connectivity index (χ1n) is 7.13. The number of para-hydroxylation sites is 1. The van der Waals surface area contributed by atoms with E-state index in [4.69, 9.17) is 0 Å². The van der Waals surface area contributed by atoms with E-state index in [1.165, 1.54) is 0 Å². The van der Waals surface area contributed by atoms with Gasteiger partial charge in [-0.3, -0.25) is 4.79 Å². The highest BCUT2D eigenvalue weighted by Gasteiger charge is 2.21. The molecule has 2 rings (SSSR count). The Hall–Kier alpha value is -1.61. The quantitative estimate of drug-likeness (QED) is 0.866. The molecule has 0 aliphatic heterocycles. The van der Waals surface area contributed by atoms with Crippen LogP contribution in [-0.2, 0) is 7.05 Å². The molecular formula is C17H24N2O. The second kappa shape index (κ2) is 5.41. The molecule has 1 atom stereocenters. The van der Waals surface area contributed by atoms with Gasteiger partial charge in [-0.15, -0.1) is 0 Å². The lowest BCUT2D eigenvalue weighted by molar-refractivity contribution is 0.0926. The summed E-state index contributed by atoms with van der Waals surface area (Å²) in [6, 6.07) is 8.05. The summed E-state index contributed by atoms with van der Waals surface area (Å²) in [6.45, 7) is 9.03. The van der Waals surface area contributed by atoms with Crippen molar-refractivity contribution in [1.82, 2.24) is 9.88 Å². The minimum absolute atomic E-state index is 0.0277. The molecular weight excluding hydrogens is 248 g/mol. The van der Waals surface area contributed by atoms with Crippen LogP contribution in [-0.4, -0.2) is 22.4 Å². The van der Waals surface area contributed by atoms with E-state index in [-0.39, 0.29) is 17.2 Å². The molecule has 0 aliphatic rings. The van der Waals surface area contributed by atoms with Crippen LogP contribution in [0.2, 0.25) is 0 Å². The number of aryl methyl sites for hydroxylation is 1. The van der Waals surface area contributed by atoms with Crippen molar-refractivity contribution in [2.24, 2.45) is 13.0 Å². The highest BCUT2D eigenvalue weighted by atomic mass is 16.1. The molecule has 3 nitrogen and oxygen atoms in total. The first-order valence-corrected chi connectivity index (χ1v) is 7.13. The van der Waals surface area contributed by atoms with E-state index in [2.05, 4.69) is 26.1 Å². The summed E-state index contributed by atoms with van der Waals surface area (Å²) in [5.41, 5.74) is 1.96. The topological polar surface area (TPSA) is 34.0 Å². The van der Waals surface area contributed by atoms with Gasteiger partial charge in [-0.1, -0.05) is 25.1 Å². The number of Topliss-reactive ketones (excluding diaryl/α,β-unsaturated/α-hetero) is 1. The fraction of sp³-hybridized carbons (Fsp3) is 0.471. The van der Waals surface area contributed by atoms with Crippen molar-refractivity contribution in [3.05, 3.63) is 36.0 Å². The normalized spacial score (nSPS) is 13.7. The Balaban J connectivity index is 2.23. The van der Waals surface area contributed by atoms with E-state index >= 15 is 0 Å². The average Bonchev–Trinajstić information content (AvgIpc) is 2.72. The van der Waals surface area contributed by atoms with Crippen LogP contribution in [0.1, 0.15) is 38.1 Å². The van der Waals surface area contributed by atoms with Crippen molar-refractivity contribution in [2.75, 3.05) is 6.54 Å². The van der Waals surface area contributed by atoms with Crippen LogP contribution in [0.25, 0.3) is 10.9 Å². The number of nitrogens with one attached hydrogen (secondary N) is 1. The number of hydrogen-bond donors (Lipinski definition) is 1. The maximum Gasteiger partial charge on any atom is 0.169 e. The van der Waals surface area contributed by atoms with E-state index < -0.39 is 0 Å². The minimum atomic E-state index is -0.0277. The molecule has 0 radical (unpaired) electrons. The second-order valence-corrected chi connectivity index (χ2v) is 6.57. The Morgan fingerprint density at radius 3 is 2.60 bits per heavy atom. The molecule has 0 saturated carbocycles. The molecule has 2 aromatic rings. The van der Waals surface area contributed by atoms with Gasteiger partial charge in [0.25, 0.3) is 0 Å². The van der Waals surface area contributed by atoms with Gasteiger partial charge in [-0.2, -0.15) is 0 Å². The van der Waals surface area contributed by atoms with E-state index in [1.54, 1.807) is 0 Å². The van der Waals surface area contributed by atoms with Crippen molar-refractivity contribution in [1.29, 1.82) is 0 Å². The zero-order valence-corrected chi connectivity index (χ0v) is 13.0.